The largest absolute Gasteiger partial charge is 0.176 e. The Morgan fingerprint density at radius 3 is 2.22 bits per heavy atom. The number of rotatable bonds is 0. The fourth-order valence-electron chi connectivity index (χ4n) is 0.371. The van der Waals surface area contributed by atoms with Crippen LogP contribution in [0.15, 0.2) is 28.7 Å². The van der Waals surface area contributed by atoms with Crippen molar-refractivity contribution in [3.05, 3.63) is 34.8 Å². The van der Waals surface area contributed by atoms with Crippen LogP contribution in [0.2, 0.25) is 0 Å². The van der Waals surface area contributed by atoms with Gasteiger partial charge in [-0.1, -0.05) is 20.4 Å². The first-order valence-electron chi connectivity index (χ1n) is 2.02. The van der Waals surface area contributed by atoms with Crippen molar-refractivity contribution in [1.82, 2.24) is 0 Å². The summed E-state index contributed by atoms with van der Waals surface area (Å²) in [6.07, 6.45) is 0. The van der Waals surface area contributed by atoms with Crippen LogP contribution in [-0.2, 0) is 19.5 Å². The quantitative estimate of drug-likeness (QED) is 0.384. The van der Waals surface area contributed by atoms with Crippen LogP contribution in [-0.4, -0.2) is 0 Å². The summed E-state index contributed by atoms with van der Waals surface area (Å²) in [6.45, 7) is 0. The van der Waals surface area contributed by atoms with Crippen molar-refractivity contribution in [2.24, 2.45) is 0 Å². The summed E-state index contributed by atoms with van der Waals surface area (Å²) in [5.41, 5.74) is 0. The van der Waals surface area contributed by atoms with Crippen LogP contribution in [0, 0.1) is 6.07 Å². The molecule has 0 saturated heterocycles. The van der Waals surface area contributed by atoms with Gasteiger partial charge in [0.1, 0.15) is 0 Å². The van der Waals surface area contributed by atoms with Crippen LogP contribution >= 0.6 is 39.9 Å². The van der Waals surface area contributed by atoms with Crippen molar-refractivity contribution in [3.63, 3.8) is 0 Å². The summed E-state index contributed by atoms with van der Waals surface area (Å²) in [5.74, 6) is 0. The van der Waals surface area contributed by atoms with Gasteiger partial charge in [-0.25, -0.2) is 0 Å². The van der Waals surface area contributed by atoms with E-state index in [0.29, 0.717) is 0 Å². The standard InChI is InChI=1S/C6H4Br.HI.Zn/c7-6-4-2-1-3-5-6;;/h1-4H;1H;/q-1;;. The van der Waals surface area contributed by atoms with E-state index >= 15 is 0 Å². The molecule has 0 aliphatic carbocycles. The molecule has 0 aliphatic rings. The molecule has 0 heterocycles. The van der Waals surface area contributed by atoms with Gasteiger partial charge in [0.25, 0.3) is 0 Å². The molecule has 0 radical (unpaired) electrons. The van der Waals surface area contributed by atoms with E-state index in [0.717, 1.165) is 4.47 Å². The molecule has 0 amide bonds. The molecule has 46 valence electrons. The van der Waals surface area contributed by atoms with Gasteiger partial charge in [-0.15, -0.1) is 24.0 Å². The molecule has 0 fully saturated rings. The third-order valence-electron chi connectivity index (χ3n) is 0.671. The molecule has 0 unspecified atom stereocenters. The minimum atomic E-state index is 0. The van der Waals surface area contributed by atoms with E-state index in [9.17, 15) is 0 Å². The molecule has 0 N–H and O–H groups in total. The molecule has 0 saturated carbocycles. The maximum Gasteiger partial charge on any atom is 0 e. The number of halogens is 2. The minimum Gasteiger partial charge on any atom is -0.176 e. The van der Waals surface area contributed by atoms with Gasteiger partial charge in [-0.2, -0.15) is 30.3 Å². The van der Waals surface area contributed by atoms with Gasteiger partial charge >= 0.3 is 0 Å². The summed E-state index contributed by atoms with van der Waals surface area (Å²) >= 11 is 3.26. The Morgan fingerprint density at radius 2 is 2.00 bits per heavy atom. The van der Waals surface area contributed by atoms with Gasteiger partial charge in [0.2, 0.25) is 0 Å². The number of hydrogen-bond donors (Lipinski definition) is 0. The zero-order valence-corrected chi connectivity index (χ0v) is 11.7. The summed E-state index contributed by atoms with van der Waals surface area (Å²) in [7, 11) is 0. The molecule has 0 aliphatic heterocycles. The van der Waals surface area contributed by atoms with Crippen molar-refractivity contribution < 1.29 is 19.5 Å². The minimum absolute atomic E-state index is 0. The van der Waals surface area contributed by atoms with E-state index in [1.54, 1.807) is 0 Å². The Morgan fingerprint density at radius 1 is 1.33 bits per heavy atom. The molecule has 0 bridgehead atoms. The molecule has 0 aromatic heterocycles. The zero-order valence-electron chi connectivity index (χ0n) is 4.80. The summed E-state index contributed by atoms with van der Waals surface area (Å²) in [5, 5.41) is 0. The Bertz CT molecular complexity index is 143. The second kappa shape index (κ2) is 7.16. The first kappa shape index (κ1) is 12.7. The average molecular weight is 349 g/mol. The number of hydrogen-bond acceptors (Lipinski definition) is 0. The summed E-state index contributed by atoms with van der Waals surface area (Å²) in [6, 6.07) is 10.7. The Kier molecular flexibility index (Phi) is 10.1. The molecule has 0 atom stereocenters. The first-order chi connectivity index (χ1) is 3.39. The third kappa shape index (κ3) is 5.50. The van der Waals surface area contributed by atoms with Gasteiger partial charge in [-0.3, -0.25) is 0 Å². The second-order valence-corrected chi connectivity index (χ2v) is 2.06. The zero-order chi connectivity index (χ0) is 5.11. The molecular formula is C6H5BrIZn-. The van der Waals surface area contributed by atoms with E-state index < -0.39 is 0 Å². The van der Waals surface area contributed by atoms with E-state index in [1.807, 2.05) is 24.3 Å². The first-order valence-corrected chi connectivity index (χ1v) is 2.81. The Hall–Kier alpha value is 1.05. The van der Waals surface area contributed by atoms with Gasteiger partial charge < -0.3 is 0 Å². The fourth-order valence-corrected chi connectivity index (χ4v) is 0.656. The van der Waals surface area contributed by atoms with Crippen molar-refractivity contribution in [2.75, 3.05) is 0 Å². The van der Waals surface area contributed by atoms with Crippen molar-refractivity contribution in [2.45, 2.75) is 0 Å². The molecule has 0 spiro atoms. The topological polar surface area (TPSA) is 0 Å². The SMILES string of the molecule is Brc1[c-]cccc1.I.[Zn]. The van der Waals surface area contributed by atoms with Crippen LogP contribution < -0.4 is 0 Å². The maximum atomic E-state index is 3.26. The summed E-state index contributed by atoms with van der Waals surface area (Å²) < 4.78 is 1.01. The predicted molar refractivity (Wildman–Crippen MR) is 48.4 cm³/mol. The molecule has 1 rings (SSSR count). The van der Waals surface area contributed by atoms with Crippen molar-refractivity contribution >= 4 is 39.9 Å². The van der Waals surface area contributed by atoms with E-state index in [4.69, 9.17) is 0 Å². The van der Waals surface area contributed by atoms with Crippen LogP contribution in [0.1, 0.15) is 0 Å². The van der Waals surface area contributed by atoms with E-state index in [-0.39, 0.29) is 43.5 Å². The van der Waals surface area contributed by atoms with Gasteiger partial charge in [0, 0.05) is 19.5 Å². The van der Waals surface area contributed by atoms with Crippen LogP contribution in [0.25, 0.3) is 0 Å². The molecule has 0 nitrogen and oxygen atoms in total. The third-order valence-corrected chi connectivity index (χ3v) is 1.16. The van der Waals surface area contributed by atoms with Gasteiger partial charge in [0.15, 0.2) is 0 Å². The molecule has 3 heteroatoms. The van der Waals surface area contributed by atoms with Crippen LogP contribution in [0.3, 0.4) is 0 Å². The monoisotopic (exact) mass is 347 g/mol. The maximum absolute atomic E-state index is 3.26. The molecule has 9 heavy (non-hydrogen) atoms. The smallest absolute Gasteiger partial charge is 0 e. The Labute approximate surface area is 93.3 Å². The predicted octanol–water partition coefficient (Wildman–Crippen LogP) is 2.86. The normalized spacial score (nSPS) is 6.78. The number of benzene rings is 1. The van der Waals surface area contributed by atoms with Gasteiger partial charge in [0.05, 0.1) is 0 Å². The Balaban J connectivity index is 0. The van der Waals surface area contributed by atoms with Gasteiger partial charge in [-0.05, 0) is 0 Å². The average Bonchev–Trinajstić information content (AvgIpc) is 1.69. The second-order valence-electron chi connectivity index (χ2n) is 1.21. The summed E-state index contributed by atoms with van der Waals surface area (Å²) in [4.78, 5) is 0. The molecule has 1 aromatic rings. The van der Waals surface area contributed by atoms with Crippen molar-refractivity contribution in [3.8, 4) is 0 Å². The van der Waals surface area contributed by atoms with Crippen LogP contribution in [0.4, 0.5) is 0 Å². The molecule has 1 aromatic carbocycles. The van der Waals surface area contributed by atoms with E-state index in [2.05, 4.69) is 22.0 Å². The van der Waals surface area contributed by atoms with Crippen LogP contribution in [0.5, 0.6) is 0 Å². The van der Waals surface area contributed by atoms with E-state index in [1.165, 1.54) is 0 Å². The fraction of sp³-hybridized carbons (Fsp3) is 0. The molecular weight excluding hydrogens is 344 g/mol. The van der Waals surface area contributed by atoms with Crippen molar-refractivity contribution in [1.29, 1.82) is 0 Å².